The number of aliphatic carboxylic acids is 2. The Labute approximate surface area is 203 Å². The van der Waals surface area contributed by atoms with Gasteiger partial charge in [0.25, 0.3) is 0 Å². The highest BCUT2D eigenvalue weighted by atomic mass is 32.1. The van der Waals surface area contributed by atoms with Gasteiger partial charge < -0.3 is 31.9 Å². The average Bonchev–Trinajstić information content (AvgIpc) is 2.76. The standard InChI is InChI=1S/C22H32N4O7S/c1-12(2)8-15(20(30)26-17(22(32)33)9-13-6-4-3-5-7-13)25-21(31)16(10-18(27)28)24-19(29)14(23)11-34/h3-7,12,14-17,34H,8-11,23H2,1-2H3,(H,24,29)(H,25,31)(H,26,30)(H,27,28)(H,32,33). The van der Waals surface area contributed by atoms with Crippen molar-refractivity contribution in [2.24, 2.45) is 11.7 Å². The molecule has 188 valence electrons. The van der Waals surface area contributed by atoms with Crippen molar-refractivity contribution in [3.63, 3.8) is 0 Å². The molecule has 34 heavy (non-hydrogen) atoms. The second-order valence-corrected chi connectivity index (χ2v) is 8.59. The third-order valence-corrected chi connectivity index (χ3v) is 5.18. The summed E-state index contributed by atoms with van der Waals surface area (Å²) in [5, 5.41) is 25.8. The van der Waals surface area contributed by atoms with Crippen molar-refractivity contribution in [2.75, 3.05) is 5.75 Å². The Morgan fingerprint density at radius 3 is 1.91 bits per heavy atom. The van der Waals surface area contributed by atoms with E-state index in [9.17, 15) is 29.1 Å². The van der Waals surface area contributed by atoms with E-state index in [2.05, 4.69) is 28.6 Å². The van der Waals surface area contributed by atoms with Crippen LogP contribution in [0, 0.1) is 5.92 Å². The Kier molecular flexibility index (Phi) is 12.1. The van der Waals surface area contributed by atoms with E-state index in [4.69, 9.17) is 10.8 Å². The third kappa shape index (κ3) is 10.2. The molecule has 1 aromatic carbocycles. The molecule has 0 saturated carbocycles. The maximum atomic E-state index is 12.9. The zero-order chi connectivity index (χ0) is 25.8. The number of carboxylic acids is 2. The van der Waals surface area contributed by atoms with E-state index in [0.29, 0.717) is 5.56 Å². The van der Waals surface area contributed by atoms with Gasteiger partial charge in [0.05, 0.1) is 12.5 Å². The first-order valence-electron chi connectivity index (χ1n) is 10.7. The average molecular weight is 497 g/mol. The van der Waals surface area contributed by atoms with Crippen LogP contribution in [0.1, 0.15) is 32.3 Å². The molecule has 3 amide bonds. The number of benzene rings is 1. The molecule has 7 N–H and O–H groups in total. The van der Waals surface area contributed by atoms with Gasteiger partial charge in [0.2, 0.25) is 17.7 Å². The van der Waals surface area contributed by atoms with Gasteiger partial charge >= 0.3 is 11.9 Å². The molecule has 0 saturated heterocycles. The fourth-order valence-electron chi connectivity index (χ4n) is 3.04. The largest absolute Gasteiger partial charge is 0.481 e. The van der Waals surface area contributed by atoms with Crippen molar-refractivity contribution >= 4 is 42.3 Å². The van der Waals surface area contributed by atoms with Gasteiger partial charge in [0.15, 0.2) is 0 Å². The molecule has 1 aromatic rings. The second-order valence-electron chi connectivity index (χ2n) is 8.23. The Morgan fingerprint density at radius 2 is 1.41 bits per heavy atom. The quantitative estimate of drug-likeness (QED) is 0.169. The van der Waals surface area contributed by atoms with E-state index in [-0.39, 0.29) is 24.5 Å². The molecule has 0 aliphatic rings. The lowest BCUT2D eigenvalue weighted by Crippen LogP contribution is -2.58. The van der Waals surface area contributed by atoms with Crippen LogP contribution >= 0.6 is 12.6 Å². The molecule has 1 rings (SSSR count). The predicted molar refractivity (Wildman–Crippen MR) is 127 cm³/mol. The first-order valence-corrected chi connectivity index (χ1v) is 11.3. The number of thiol groups is 1. The van der Waals surface area contributed by atoms with Gasteiger partial charge in [0, 0.05) is 12.2 Å². The molecule has 0 aliphatic heterocycles. The lowest BCUT2D eigenvalue weighted by molar-refractivity contribution is -0.143. The summed E-state index contributed by atoms with van der Waals surface area (Å²) in [6.07, 6.45) is -0.554. The lowest BCUT2D eigenvalue weighted by atomic mass is 10.0. The first-order chi connectivity index (χ1) is 15.9. The van der Waals surface area contributed by atoms with Gasteiger partial charge in [-0.3, -0.25) is 19.2 Å². The van der Waals surface area contributed by atoms with E-state index >= 15 is 0 Å². The Morgan fingerprint density at radius 1 is 0.882 bits per heavy atom. The smallest absolute Gasteiger partial charge is 0.326 e. The van der Waals surface area contributed by atoms with E-state index < -0.39 is 60.2 Å². The molecule has 0 fully saturated rings. The van der Waals surface area contributed by atoms with Crippen LogP contribution in [0.2, 0.25) is 0 Å². The van der Waals surface area contributed by atoms with Crippen molar-refractivity contribution in [1.82, 2.24) is 16.0 Å². The minimum Gasteiger partial charge on any atom is -0.481 e. The maximum absolute atomic E-state index is 12.9. The number of amides is 3. The number of rotatable bonds is 14. The van der Waals surface area contributed by atoms with Gasteiger partial charge in [-0.25, -0.2) is 4.79 Å². The molecule has 0 radical (unpaired) electrons. The van der Waals surface area contributed by atoms with E-state index in [0.717, 1.165) is 0 Å². The molecular weight excluding hydrogens is 464 g/mol. The molecule has 0 aliphatic carbocycles. The van der Waals surface area contributed by atoms with Crippen LogP contribution in [0.4, 0.5) is 0 Å². The lowest BCUT2D eigenvalue weighted by Gasteiger charge is -2.25. The van der Waals surface area contributed by atoms with Gasteiger partial charge in [-0.2, -0.15) is 12.6 Å². The predicted octanol–water partition coefficient (Wildman–Crippen LogP) is -0.454. The summed E-state index contributed by atoms with van der Waals surface area (Å²) in [5.74, 6) is -5.10. The number of carbonyl (C=O) groups is 5. The normalized spacial score (nSPS) is 14.4. The fraction of sp³-hybridized carbons (Fsp3) is 0.500. The summed E-state index contributed by atoms with van der Waals surface area (Å²) in [4.78, 5) is 60.7. The van der Waals surface area contributed by atoms with Crippen LogP contribution in [0.5, 0.6) is 0 Å². The van der Waals surface area contributed by atoms with Crippen LogP contribution in [0.15, 0.2) is 30.3 Å². The molecule has 0 heterocycles. The van der Waals surface area contributed by atoms with Gasteiger partial charge in [0.1, 0.15) is 18.1 Å². The second kappa shape index (κ2) is 14.2. The SMILES string of the molecule is CC(C)CC(NC(=O)C(CC(=O)O)NC(=O)C(N)CS)C(=O)NC(Cc1ccccc1)C(=O)O. The summed E-state index contributed by atoms with van der Waals surface area (Å²) in [6.45, 7) is 3.60. The summed E-state index contributed by atoms with van der Waals surface area (Å²) < 4.78 is 0. The highest BCUT2D eigenvalue weighted by molar-refractivity contribution is 7.80. The fourth-order valence-corrected chi connectivity index (χ4v) is 3.21. The molecule has 0 bridgehead atoms. The summed E-state index contributed by atoms with van der Waals surface area (Å²) in [5.41, 5.74) is 6.27. The molecule has 4 unspecified atom stereocenters. The number of carbonyl (C=O) groups excluding carboxylic acids is 3. The van der Waals surface area contributed by atoms with Crippen molar-refractivity contribution in [3.8, 4) is 0 Å². The summed E-state index contributed by atoms with van der Waals surface area (Å²) >= 11 is 3.90. The van der Waals surface area contributed by atoms with Crippen molar-refractivity contribution in [2.45, 2.75) is 57.3 Å². The van der Waals surface area contributed by atoms with Gasteiger partial charge in [-0.05, 0) is 17.9 Å². The summed E-state index contributed by atoms with van der Waals surface area (Å²) in [6, 6.07) is 3.77. The number of nitrogens with two attached hydrogens (primary N) is 1. The topological polar surface area (TPSA) is 188 Å². The Bertz CT molecular complexity index is 866. The minimum absolute atomic E-state index is 0.0242. The maximum Gasteiger partial charge on any atom is 0.326 e. The summed E-state index contributed by atoms with van der Waals surface area (Å²) in [7, 11) is 0. The first kappa shape index (κ1) is 28.9. The zero-order valence-corrected chi connectivity index (χ0v) is 20.0. The highest BCUT2D eigenvalue weighted by Crippen LogP contribution is 2.09. The van der Waals surface area contributed by atoms with Crippen molar-refractivity contribution in [1.29, 1.82) is 0 Å². The Balaban J connectivity index is 3.00. The number of nitrogens with one attached hydrogen (secondary N) is 3. The van der Waals surface area contributed by atoms with E-state index in [1.807, 2.05) is 0 Å². The number of hydrogen-bond acceptors (Lipinski definition) is 7. The Hall–Kier alpha value is -3.12. The van der Waals surface area contributed by atoms with Crippen LogP contribution in [-0.2, 0) is 30.4 Å². The number of hydrogen-bond donors (Lipinski definition) is 7. The van der Waals surface area contributed by atoms with Crippen LogP contribution in [-0.4, -0.2) is 69.8 Å². The monoisotopic (exact) mass is 496 g/mol. The van der Waals surface area contributed by atoms with Crippen LogP contribution in [0.25, 0.3) is 0 Å². The van der Waals surface area contributed by atoms with E-state index in [1.54, 1.807) is 44.2 Å². The third-order valence-electron chi connectivity index (χ3n) is 4.78. The molecule has 11 nitrogen and oxygen atoms in total. The molecule has 0 spiro atoms. The van der Waals surface area contributed by atoms with Crippen LogP contribution < -0.4 is 21.7 Å². The van der Waals surface area contributed by atoms with Crippen molar-refractivity contribution < 1.29 is 34.2 Å². The van der Waals surface area contributed by atoms with Crippen LogP contribution in [0.3, 0.4) is 0 Å². The van der Waals surface area contributed by atoms with Crippen molar-refractivity contribution in [3.05, 3.63) is 35.9 Å². The minimum atomic E-state index is -1.49. The number of carboxylic acid groups (broad SMARTS) is 2. The van der Waals surface area contributed by atoms with Gasteiger partial charge in [-0.15, -0.1) is 0 Å². The molecule has 4 atom stereocenters. The van der Waals surface area contributed by atoms with Gasteiger partial charge in [-0.1, -0.05) is 44.2 Å². The molecule has 12 heteroatoms. The van der Waals surface area contributed by atoms with E-state index in [1.165, 1.54) is 0 Å². The highest BCUT2D eigenvalue weighted by Gasteiger charge is 2.31. The molecular formula is C22H32N4O7S. The zero-order valence-electron chi connectivity index (χ0n) is 19.1. The molecule has 0 aromatic heterocycles.